The van der Waals surface area contributed by atoms with Crippen LogP contribution < -0.4 is 0 Å². The standard InChI is InChI=1S/C8H15S/c1-4-9-7-5-6-8(2)3/h6H,1,4-5,7H2,2-3H3. The first-order chi connectivity index (χ1) is 4.27. The maximum absolute atomic E-state index is 3.74. The molecular weight excluding hydrogens is 128 g/mol. The Kier molecular flexibility index (Phi) is 6.28. The first-order valence-electron chi connectivity index (χ1n) is 3.27. The van der Waals surface area contributed by atoms with Crippen LogP contribution in [0.2, 0.25) is 0 Å². The van der Waals surface area contributed by atoms with Crippen LogP contribution in [-0.2, 0) is 0 Å². The summed E-state index contributed by atoms with van der Waals surface area (Å²) in [5.41, 5.74) is 1.42. The topological polar surface area (TPSA) is 0 Å². The molecule has 53 valence electrons. The molecule has 9 heavy (non-hydrogen) atoms. The lowest BCUT2D eigenvalue weighted by atomic mass is 10.3. The highest BCUT2D eigenvalue weighted by molar-refractivity contribution is 7.99. The normalized spacial score (nSPS) is 9.22. The van der Waals surface area contributed by atoms with Crippen LogP contribution in [0.4, 0.5) is 0 Å². The Bertz CT molecular complexity index is 80.6. The van der Waals surface area contributed by atoms with E-state index in [2.05, 4.69) is 26.8 Å². The van der Waals surface area contributed by atoms with E-state index in [0.29, 0.717) is 0 Å². The van der Waals surface area contributed by atoms with Gasteiger partial charge < -0.3 is 0 Å². The third-order valence-electron chi connectivity index (χ3n) is 0.959. The molecule has 0 aliphatic carbocycles. The minimum atomic E-state index is 0.997. The van der Waals surface area contributed by atoms with Crippen molar-refractivity contribution >= 4 is 11.8 Å². The molecule has 1 heteroatoms. The molecule has 0 aromatic rings. The summed E-state index contributed by atoms with van der Waals surface area (Å²) < 4.78 is 0. The Labute approximate surface area is 62.7 Å². The maximum atomic E-state index is 3.74. The first-order valence-corrected chi connectivity index (χ1v) is 4.43. The Morgan fingerprint density at radius 1 is 1.56 bits per heavy atom. The minimum Gasteiger partial charge on any atom is -0.162 e. The highest BCUT2D eigenvalue weighted by Crippen LogP contribution is 2.02. The van der Waals surface area contributed by atoms with E-state index in [9.17, 15) is 0 Å². The van der Waals surface area contributed by atoms with Gasteiger partial charge in [-0.2, -0.15) is 11.8 Å². The van der Waals surface area contributed by atoms with Crippen molar-refractivity contribution in [2.75, 3.05) is 11.5 Å². The van der Waals surface area contributed by atoms with Crippen molar-refractivity contribution < 1.29 is 0 Å². The van der Waals surface area contributed by atoms with Crippen LogP contribution in [-0.4, -0.2) is 11.5 Å². The molecule has 0 nitrogen and oxygen atoms in total. The second-order valence-electron chi connectivity index (χ2n) is 2.18. The van der Waals surface area contributed by atoms with Crippen molar-refractivity contribution in [3.8, 4) is 0 Å². The Hall–Kier alpha value is 0.0900. The van der Waals surface area contributed by atoms with E-state index >= 15 is 0 Å². The highest BCUT2D eigenvalue weighted by atomic mass is 32.2. The molecule has 0 fully saturated rings. The van der Waals surface area contributed by atoms with Gasteiger partial charge in [0.05, 0.1) is 0 Å². The zero-order valence-electron chi connectivity index (χ0n) is 6.31. The van der Waals surface area contributed by atoms with Gasteiger partial charge in [-0.05, 0) is 38.7 Å². The van der Waals surface area contributed by atoms with Gasteiger partial charge in [-0.1, -0.05) is 11.6 Å². The van der Waals surface area contributed by atoms with E-state index in [1.54, 1.807) is 0 Å². The van der Waals surface area contributed by atoms with Gasteiger partial charge >= 0.3 is 0 Å². The third-order valence-corrected chi connectivity index (χ3v) is 1.77. The minimum absolute atomic E-state index is 0.997. The van der Waals surface area contributed by atoms with Crippen LogP contribution in [0.25, 0.3) is 0 Å². The zero-order chi connectivity index (χ0) is 7.11. The number of allylic oxidation sites excluding steroid dienone is 2. The summed E-state index contributed by atoms with van der Waals surface area (Å²) in [7, 11) is 0. The van der Waals surface area contributed by atoms with Crippen LogP contribution in [0.15, 0.2) is 11.6 Å². The lowest BCUT2D eigenvalue weighted by molar-refractivity contribution is 1.19. The van der Waals surface area contributed by atoms with E-state index in [1.807, 2.05) is 11.8 Å². The molecule has 0 rings (SSSR count). The average Bonchev–Trinajstić information content (AvgIpc) is 1.80. The van der Waals surface area contributed by atoms with Crippen LogP contribution in [0, 0.1) is 6.92 Å². The fraction of sp³-hybridized carbons (Fsp3) is 0.625. The summed E-state index contributed by atoms with van der Waals surface area (Å²) >= 11 is 1.89. The second-order valence-corrected chi connectivity index (χ2v) is 3.41. The molecule has 0 unspecified atom stereocenters. The first kappa shape index (κ1) is 9.09. The smallest absolute Gasteiger partial charge is 0.00328 e. The fourth-order valence-corrected chi connectivity index (χ4v) is 1.02. The summed E-state index contributed by atoms with van der Waals surface area (Å²) in [4.78, 5) is 0. The van der Waals surface area contributed by atoms with Crippen molar-refractivity contribution in [2.24, 2.45) is 0 Å². The van der Waals surface area contributed by atoms with Crippen molar-refractivity contribution in [1.82, 2.24) is 0 Å². The summed E-state index contributed by atoms with van der Waals surface area (Å²) in [6.45, 7) is 8.01. The Balaban J connectivity index is 3.00. The predicted molar refractivity (Wildman–Crippen MR) is 46.7 cm³/mol. The number of hydrogen-bond donors (Lipinski definition) is 0. The van der Waals surface area contributed by atoms with E-state index < -0.39 is 0 Å². The molecule has 0 heterocycles. The van der Waals surface area contributed by atoms with Gasteiger partial charge in [0.2, 0.25) is 0 Å². The molecule has 1 radical (unpaired) electrons. The maximum Gasteiger partial charge on any atom is -0.00328 e. The molecule has 0 spiro atoms. The van der Waals surface area contributed by atoms with Gasteiger partial charge in [-0.25, -0.2) is 0 Å². The number of hydrogen-bond acceptors (Lipinski definition) is 1. The number of thioether (sulfide) groups is 1. The van der Waals surface area contributed by atoms with E-state index in [4.69, 9.17) is 0 Å². The SMILES string of the molecule is [CH2]CSCCC=C(C)C. The third kappa shape index (κ3) is 8.09. The fourth-order valence-electron chi connectivity index (χ4n) is 0.533. The van der Waals surface area contributed by atoms with Crippen LogP contribution in [0.1, 0.15) is 20.3 Å². The summed E-state index contributed by atoms with van der Waals surface area (Å²) in [6, 6.07) is 0. The molecule has 0 N–H and O–H groups in total. The molecule has 0 aromatic carbocycles. The van der Waals surface area contributed by atoms with Gasteiger partial charge in [0.1, 0.15) is 0 Å². The van der Waals surface area contributed by atoms with Crippen LogP contribution in [0.5, 0.6) is 0 Å². The zero-order valence-corrected chi connectivity index (χ0v) is 7.13. The molecule has 0 saturated carbocycles. The van der Waals surface area contributed by atoms with Crippen LogP contribution in [0.3, 0.4) is 0 Å². The Morgan fingerprint density at radius 2 is 2.22 bits per heavy atom. The lowest BCUT2D eigenvalue weighted by Crippen LogP contribution is -1.76. The molecular formula is C8H15S. The Morgan fingerprint density at radius 3 is 2.67 bits per heavy atom. The predicted octanol–water partition coefficient (Wildman–Crippen LogP) is 2.91. The molecule has 0 bridgehead atoms. The van der Waals surface area contributed by atoms with Gasteiger partial charge in [0.15, 0.2) is 0 Å². The van der Waals surface area contributed by atoms with Crippen molar-refractivity contribution in [1.29, 1.82) is 0 Å². The average molecular weight is 143 g/mol. The lowest BCUT2D eigenvalue weighted by Gasteiger charge is -1.92. The van der Waals surface area contributed by atoms with Gasteiger partial charge in [-0.15, -0.1) is 0 Å². The van der Waals surface area contributed by atoms with Gasteiger partial charge in [0, 0.05) is 0 Å². The van der Waals surface area contributed by atoms with Crippen molar-refractivity contribution in [3.05, 3.63) is 18.6 Å². The molecule has 0 amide bonds. The second kappa shape index (κ2) is 6.21. The largest absolute Gasteiger partial charge is 0.162 e. The molecule has 0 saturated heterocycles. The number of rotatable bonds is 4. The molecule has 0 aliphatic heterocycles. The van der Waals surface area contributed by atoms with E-state index in [0.717, 1.165) is 5.75 Å². The van der Waals surface area contributed by atoms with Gasteiger partial charge in [0.25, 0.3) is 0 Å². The van der Waals surface area contributed by atoms with Crippen molar-refractivity contribution in [3.63, 3.8) is 0 Å². The quantitative estimate of drug-likeness (QED) is 0.431. The van der Waals surface area contributed by atoms with Crippen LogP contribution >= 0.6 is 11.8 Å². The molecule has 0 aromatic heterocycles. The molecule has 0 aliphatic rings. The molecule has 0 atom stereocenters. The monoisotopic (exact) mass is 143 g/mol. The van der Waals surface area contributed by atoms with Gasteiger partial charge in [-0.3, -0.25) is 0 Å². The summed E-state index contributed by atoms with van der Waals surface area (Å²) in [5.74, 6) is 2.21. The summed E-state index contributed by atoms with van der Waals surface area (Å²) in [6.07, 6.45) is 3.46. The van der Waals surface area contributed by atoms with E-state index in [-0.39, 0.29) is 0 Å². The van der Waals surface area contributed by atoms with E-state index in [1.165, 1.54) is 17.7 Å². The summed E-state index contributed by atoms with van der Waals surface area (Å²) in [5, 5.41) is 0. The van der Waals surface area contributed by atoms with Crippen molar-refractivity contribution in [2.45, 2.75) is 20.3 Å². The highest BCUT2D eigenvalue weighted by Gasteiger charge is 1.81.